The number of hydrogen-bond donors (Lipinski definition) is 1. The minimum absolute atomic E-state index is 0.0337. The normalized spacial score (nSPS) is 37.8. The van der Waals surface area contributed by atoms with E-state index >= 15 is 0 Å². The third-order valence-corrected chi connectivity index (χ3v) is 11.6. The number of phenolic OH excluding ortho intramolecular Hbond substituents is 1. The molecule has 204 valence electrons. The molecule has 3 nitrogen and oxygen atoms in total. The maximum absolute atomic E-state index is 12.7. The van der Waals surface area contributed by atoms with Crippen LogP contribution in [0, 0.1) is 46.3 Å². The van der Waals surface area contributed by atoms with Gasteiger partial charge < -0.3 is 9.84 Å². The van der Waals surface area contributed by atoms with Crippen LogP contribution in [-0.4, -0.2) is 17.2 Å². The van der Waals surface area contributed by atoms with Crippen LogP contribution in [0.2, 0.25) is 0 Å². The van der Waals surface area contributed by atoms with Crippen LogP contribution < -0.4 is 0 Å². The highest BCUT2D eigenvalue weighted by Crippen LogP contribution is 2.67. The molecular weight excluding hydrogens is 456 g/mol. The minimum atomic E-state index is -0.268. The average Bonchev–Trinajstić information content (AvgIpc) is 3.21. The second kappa shape index (κ2) is 10.4. The predicted octanol–water partition coefficient (Wildman–Crippen LogP) is 8.96. The van der Waals surface area contributed by atoms with Crippen LogP contribution in [0.25, 0.3) is 0 Å². The Morgan fingerprint density at radius 1 is 1.00 bits per heavy atom. The van der Waals surface area contributed by atoms with Crippen molar-refractivity contribution in [3.05, 3.63) is 41.5 Å². The molecule has 0 saturated heterocycles. The zero-order valence-corrected chi connectivity index (χ0v) is 24.0. The molecule has 0 unspecified atom stereocenters. The Hall–Kier alpha value is -1.77. The molecule has 1 aromatic rings. The highest BCUT2D eigenvalue weighted by Gasteiger charge is 2.59. The first-order chi connectivity index (χ1) is 17.6. The SMILES string of the molecule is CC(C)CCC[C@@H](C)[C@H]1CC[C@H]2[C@@H]3CC=C4C[C@@H](OC(=O)c5ccc(O)cc5)CC[C@]4(C)[C@H]3CC[C@]12C. The summed E-state index contributed by atoms with van der Waals surface area (Å²) < 4.78 is 5.96. The average molecular weight is 507 g/mol. The highest BCUT2D eigenvalue weighted by atomic mass is 16.5. The number of aromatic hydroxyl groups is 1. The van der Waals surface area contributed by atoms with E-state index in [1.165, 1.54) is 51.4 Å². The third-order valence-electron chi connectivity index (χ3n) is 11.6. The zero-order valence-electron chi connectivity index (χ0n) is 24.0. The summed E-state index contributed by atoms with van der Waals surface area (Å²) >= 11 is 0. The van der Waals surface area contributed by atoms with E-state index in [0.29, 0.717) is 11.0 Å². The van der Waals surface area contributed by atoms with Crippen molar-refractivity contribution in [3.63, 3.8) is 0 Å². The first kappa shape index (κ1) is 26.8. The molecule has 0 heterocycles. The van der Waals surface area contributed by atoms with E-state index in [-0.39, 0.29) is 23.2 Å². The summed E-state index contributed by atoms with van der Waals surface area (Å²) in [6, 6.07) is 6.40. The molecule has 0 aliphatic heterocycles. The number of allylic oxidation sites excluding steroid dienone is 1. The number of esters is 1. The molecule has 3 saturated carbocycles. The van der Waals surface area contributed by atoms with Gasteiger partial charge in [-0.3, -0.25) is 0 Å². The zero-order chi connectivity index (χ0) is 26.4. The van der Waals surface area contributed by atoms with E-state index in [1.54, 1.807) is 29.8 Å². The molecule has 8 atom stereocenters. The van der Waals surface area contributed by atoms with Crippen molar-refractivity contribution in [3.8, 4) is 5.75 Å². The molecule has 5 rings (SSSR count). The van der Waals surface area contributed by atoms with Crippen LogP contribution in [0.1, 0.15) is 116 Å². The molecule has 1 aromatic carbocycles. The number of fused-ring (bicyclic) bond motifs is 5. The summed E-state index contributed by atoms with van der Waals surface area (Å²) in [7, 11) is 0. The van der Waals surface area contributed by atoms with Crippen molar-refractivity contribution in [1.29, 1.82) is 0 Å². The Bertz CT molecular complexity index is 993. The van der Waals surface area contributed by atoms with Crippen molar-refractivity contribution in [2.24, 2.45) is 46.3 Å². The van der Waals surface area contributed by atoms with E-state index in [1.807, 2.05) is 0 Å². The van der Waals surface area contributed by atoms with E-state index in [9.17, 15) is 9.90 Å². The fourth-order valence-corrected chi connectivity index (χ4v) is 9.57. The van der Waals surface area contributed by atoms with Gasteiger partial charge in [-0.25, -0.2) is 4.79 Å². The van der Waals surface area contributed by atoms with Gasteiger partial charge in [0, 0.05) is 6.42 Å². The predicted molar refractivity (Wildman–Crippen MR) is 150 cm³/mol. The Balaban J connectivity index is 1.25. The molecule has 1 N–H and O–H groups in total. The van der Waals surface area contributed by atoms with Crippen LogP contribution in [0.15, 0.2) is 35.9 Å². The summed E-state index contributed by atoms with van der Waals surface area (Å²) in [5.74, 6) is 4.98. The summed E-state index contributed by atoms with van der Waals surface area (Å²) in [4.78, 5) is 12.7. The van der Waals surface area contributed by atoms with Crippen molar-refractivity contribution in [2.45, 2.75) is 111 Å². The quantitative estimate of drug-likeness (QED) is 0.296. The van der Waals surface area contributed by atoms with Crippen molar-refractivity contribution in [1.82, 2.24) is 0 Å². The summed E-state index contributed by atoms with van der Waals surface area (Å²) in [5, 5.41) is 9.52. The molecule has 3 heteroatoms. The molecule has 0 amide bonds. The fraction of sp³-hybridized carbons (Fsp3) is 0.735. The molecule has 37 heavy (non-hydrogen) atoms. The van der Waals surface area contributed by atoms with Crippen molar-refractivity contribution < 1.29 is 14.6 Å². The Labute approximate surface area is 225 Å². The first-order valence-corrected chi connectivity index (χ1v) is 15.3. The summed E-state index contributed by atoms with van der Waals surface area (Å²) in [6.07, 6.45) is 16.6. The largest absolute Gasteiger partial charge is 0.508 e. The molecule has 0 spiro atoms. The van der Waals surface area contributed by atoms with Gasteiger partial charge in [-0.2, -0.15) is 0 Å². The number of phenols is 1. The monoisotopic (exact) mass is 506 g/mol. The smallest absolute Gasteiger partial charge is 0.338 e. The molecule has 3 fully saturated rings. The second-order valence-corrected chi connectivity index (χ2v) is 14.1. The van der Waals surface area contributed by atoms with Crippen molar-refractivity contribution in [2.75, 3.05) is 0 Å². The molecule has 4 aliphatic rings. The number of ether oxygens (including phenoxy) is 1. The minimum Gasteiger partial charge on any atom is -0.508 e. The third kappa shape index (κ3) is 5.01. The van der Waals surface area contributed by atoms with E-state index in [2.05, 4.69) is 40.7 Å². The number of carbonyl (C=O) groups excluding carboxylic acids is 1. The standard InChI is InChI=1S/C34H50O3/c1-22(2)7-6-8-23(3)29-15-16-30-28-14-11-25-21-27(37-32(36)24-9-12-26(35)13-10-24)17-19-33(25,4)31(28)18-20-34(29,30)5/h9-13,22-23,27-31,35H,6-8,14-21H2,1-5H3/t23-,27+,28+,29-,30+,31+,33+,34-/m1/s1. The maximum atomic E-state index is 12.7. The van der Waals surface area contributed by atoms with Gasteiger partial charge in [0.25, 0.3) is 0 Å². The fourth-order valence-electron chi connectivity index (χ4n) is 9.57. The van der Waals surface area contributed by atoms with Gasteiger partial charge in [-0.1, -0.05) is 65.5 Å². The van der Waals surface area contributed by atoms with E-state index in [4.69, 9.17) is 4.74 Å². The lowest BCUT2D eigenvalue weighted by atomic mass is 9.47. The van der Waals surface area contributed by atoms with Crippen LogP contribution in [0.3, 0.4) is 0 Å². The number of benzene rings is 1. The number of hydrogen-bond acceptors (Lipinski definition) is 3. The molecule has 0 radical (unpaired) electrons. The molecule has 0 bridgehead atoms. The van der Waals surface area contributed by atoms with Gasteiger partial charge in [0.05, 0.1) is 5.56 Å². The Morgan fingerprint density at radius 2 is 1.76 bits per heavy atom. The maximum Gasteiger partial charge on any atom is 0.338 e. The van der Waals surface area contributed by atoms with Crippen LogP contribution >= 0.6 is 0 Å². The van der Waals surface area contributed by atoms with Crippen LogP contribution in [0.5, 0.6) is 5.75 Å². The van der Waals surface area contributed by atoms with Crippen LogP contribution in [0.4, 0.5) is 0 Å². The van der Waals surface area contributed by atoms with Gasteiger partial charge >= 0.3 is 5.97 Å². The molecule has 0 aromatic heterocycles. The highest BCUT2D eigenvalue weighted by molar-refractivity contribution is 5.89. The molecule has 4 aliphatic carbocycles. The lowest BCUT2D eigenvalue weighted by molar-refractivity contribution is -0.0594. The van der Waals surface area contributed by atoms with Gasteiger partial charge in [-0.15, -0.1) is 0 Å². The van der Waals surface area contributed by atoms with Gasteiger partial charge in [0.1, 0.15) is 11.9 Å². The number of carbonyl (C=O) groups is 1. The Kier molecular flexibility index (Phi) is 7.55. The number of rotatable bonds is 7. The van der Waals surface area contributed by atoms with Gasteiger partial charge in [-0.05, 0) is 116 Å². The lowest BCUT2D eigenvalue weighted by Crippen LogP contribution is -2.51. The van der Waals surface area contributed by atoms with Gasteiger partial charge in [0.2, 0.25) is 0 Å². The topological polar surface area (TPSA) is 46.5 Å². The van der Waals surface area contributed by atoms with Gasteiger partial charge in [0.15, 0.2) is 0 Å². The van der Waals surface area contributed by atoms with E-state index < -0.39 is 0 Å². The van der Waals surface area contributed by atoms with Crippen LogP contribution in [-0.2, 0) is 4.74 Å². The van der Waals surface area contributed by atoms with E-state index in [0.717, 1.165) is 54.8 Å². The van der Waals surface area contributed by atoms with Crippen molar-refractivity contribution >= 4 is 5.97 Å². The second-order valence-electron chi connectivity index (χ2n) is 14.1. The summed E-state index contributed by atoms with van der Waals surface area (Å²) in [6.45, 7) is 12.5. The lowest BCUT2D eigenvalue weighted by Gasteiger charge is -2.58. The molecular formula is C34H50O3. The Morgan fingerprint density at radius 3 is 2.49 bits per heavy atom. The summed E-state index contributed by atoms with van der Waals surface area (Å²) in [5.41, 5.74) is 2.87. The first-order valence-electron chi connectivity index (χ1n) is 15.3.